The maximum Gasteiger partial charge on any atom is 0.333 e. The number of carbonyl (C=O) groups is 5. The van der Waals surface area contributed by atoms with Crippen LogP contribution in [0.2, 0.25) is 0 Å². The number of hydrogen-bond donors (Lipinski definition) is 0. The number of hydrogen-bond acceptors (Lipinski definition) is 11. The van der Waals surface area contributed by atoms with Gasteiger partial charge in [0.1, 0.15) is 28.0 Å². The summed E-state index contributed by atoms with van der Waals surface area (Å²) in [7, 11) is 1.69. The molecule has 0 aromatic heterocycles. The summed E-state index contributed by atoms with van der Waals surface area (Å²) in [6.07, 6.45) is 36.7. The van der Waals surface area contributed by atoms with Crippen LogP contribution in [0.25, 0.3) is 0 Å². The quantitative estimate of drug-likeness (QED) is 0.0509. The first-order valence-electron chi connectivity index (χ1n) is 38.4. The Kier molecular flexibility index (Phi) is 17.4. The molecule has 18 rings (SSSR count). The predicted molar refractivity (Wildman–Crippen MR) is 368 cm³/mol. The summed E-state index contributed by atoms with van der Waals surface area (Å²) in [5.41, 5.74) is 1.28. The molecule has 11 nitrogen and oxygen atoms in total. The van der Waals surface area contributed by atoms with Crippen LogP contribution in [-0.4, -0.2) is 71.6 Å². The summed E-state index contributed by atoms with van der Waals surface area (Å²) in [5.74, 6) is 20.1. The van der Waals surface area contributed by atoms with Crippen LogP contribution in [0.1, 0.15) is 210 Å². The van der Waals surface area contributed by atoms with E-state index < -0.39 is 5.60 Å². The lowest BCUT2D eigenvalue weighted by Crippen LogP contribution is -2.51. The molecule has 0 heterocycles. The van der Waals surface area contributed by atoms with Gasteiger partial charge in [0.2, 0.25) is 0 Å². The van der Waals surface area contributed by atoms with Gasteiger partial charge in [0.05, 0.1) is 12.0 Å². The monoisotopic (exact) mass is 1300 g/mol. The van der Waals surface area contributed by atoms with Crippen molar-refractivity contribution in [1.29, 1.82) is 0 Å². The molecule has 31 atom stereocenters. The average Bonchev–Trinajstić information content (AvgIpc) is 1.53. The molecule has 18 aliphatic carbocycles. The first-order valence-corrected chi connectivity index (χ1v) is 38.4. The highest BCUT2D eigenvalue weighted by Gasteiger charge is 2.74. The smallest absolute Gasteiger partial charge is 0.333 e. The van der Waals surface area contributed by atoms with E-state index in [0.717, 1.165) is 176 Å². The summed E-state index contributed by atoms with van der Waals surface area (Å²) >= 11 is 0. The molecule has 0 radical (unpaired) electrons. The number of carbonyl (C=O) groups excluding carboxylic acids is 5. The van der Waals surface area contributed by atoms with Gasteiger partial charge in [-0.25, -0.2) is 24.0 Å². The Hall–Kier alpha value is -4.51. The van der Waals surface area contributed by atoms with E-state index in [1.807, 2.05) is 6.92 Å². The van der Waals surface area contributed by atoms with Crippen molar-refractivity contribution < 1.29 is 52.4 Å². The zero-order valence-electron chi connectivity index (χ0n) is 60.0. The maximum absolute atomic E-state index is 12.2. The Morgan fingerprint density at radius 1 is 0.389 bits per heavy atom. The standard InChI is InChI=1S/C20H28O2.C18H26O2.C17H22O2.C15H22O2.C14H20O3/c1-4-20(22-19(21)10(2)3)9-11-7-16(20)18-15-8-14(17(11)18)12-5-6-13(12)15;1-4-18(20-17(19)10(2)3)9-13-8-14(18)16-12-6-5-11(7-12)15(13)16;1-9(2)16(18)19-17(3)8-12-7-13(17)15-11-5-4-10(6-11)14(12)15;1-4-15(17-14(16)9(2)3)8-10-7-13(15)12-6-5-11(10)12;1-10(2)12(15)17-13(3)7-11-5-6-14(13,8-11)9-16-4/h11-18H,2,4-9H2,1,3H3;11-16H,2,4-9H2,1,3H3;4-5,10-15H,1,6-8H2,2-3H3;10-13H,2,4-8H2,1,3H3;5-6,11H,1,7-9H2,2-4H3. The van der Waals surface area contributed by atoms with Crippen molar-refractivity contribution in [3.8, 4) is 0 Å². The average molecular weight is 1300 g/mol. The molecule has 16 saturated carbocycles. The van der Waals surface area contributed by atoms with Crippen molar-refractivity contribution in [3.05, 3.63) is 85.1 Å². The molecule has 11 heteroatoms. The number of methoxy groups -OCH3 is 1. The highest BCUT2D eigenvalue weighted by atomic mass is 16.6. The van der Waals surface area contributed by atoms with Gasteiger partial charge in [0, 0.05) is 58.6 Å². The molecular formula is C84H118O11. The number of esters is 5. The minimum Gasteiger partial charge on any atom is -0.456 e. The van der Waals surface area contributed by atoms with Crippen molar-refractivity contribution in [1.82, 2.24) is 0 Å². The minimum atomic E-state index is -0.460. The Labute approximate surface area is 570 Å². The summed E-state index contributed by atoms with van der Waals surface area (Å²) in [6.45, 7) is 38.6. The Morgan fingerprint density at radius 2 is 0.842 bits per heavy atom. The molecule has 0 aromatic rings. The van der Waals surface area contributed by atoms with E-state index in [9.17, 15) is 24.0 Å². The lowest BCUT2D eigenvalue weighted by Gasteiger charge is -2.52. The Bertz CT molecular complexity index is 3240. The van der Waals surface area contributed by atoms with Crippen LogP contribution in [0.4, 0.5) is 0 Å². The molecule has 0 spiro atoms. The van der Waals surface area contributed by atoms with Gasteiger partial charge in [-0.05, 0) is 314 Å². The van der Waals surface area contributed by atoms with Crippen LogP contribution in [0.5, 0.6) is 0 Å². The third-order valence-electron chi connectivity index (χ3n) is 31.6. The molecule has 16 fully saturated rings. The number of allylic oxidation sites excluding steroid dienone is 3. The van der Waals surface area contributed by atoms with Gasteiger partial charge >= 0.3 is 29.8 Å². The molecule has 520 valence electrons. The third-order valence-corrected chi connectivity index (χ3v) is 31.6. The summed E-state index contributed by atoms with van der Waals surface area (Å²) in [4.78, 5) is 59.7. The lowest BCUT2D eigenvalue weighted by atomic mass is 9.54. The third kappa shape index (κ3) is 10.6. The number of rotatable bonds is 15. The van der Waals surface area contributed by atoms with E-state index in [2.05, 4.69) is 84.9 Å². The molecule has 0 saturated heterocycles. The second-order valence-corrected chi connectivity index (χ2v) is 36.1. The zero-order valence-corrected chi connectivity index (χ0v) is 60.0. The van der Waals surface area contributed by atoms with Crippen LogP contribution in [-0.2, 0) is 52.4 Å². The van der Waals surface area contributed by atoms with Crippen molar-refractivity contribution in [2.24, 2.45) is 153 Å². The number of fused-ring (bicyclic) bond motifs is 37. The van der Waals surface area contributed by atoms with Crippen LogP contribution in [0, 0.1) is 153 Å². The van der Waals surface area contributed by atoms with E-state index in [-0.39, 0.29) is 57.7 Å². The van der Waals surface area contributed by atoms with Crippen molar-refractivity contribution in [2.45, 2.75) is 239 Å². The Balaban J connectivity index is 0.000000103. The largest absolute Gasteiger partial charge is 0.456 e. The molecule has 0 aromatic carbocycles. The fourth-order valence-corrected chi connectivity index (χ4v) is 27.9. The van der Waals surface area contributed by atoms with E-state index in [4.69, 9.17) is 28.4 Å². The number of ether oxygens (including phenoxy) is 6. The summed E-state index contributed by atoms with van der Waals surface area (Å²) in [6, 6.07) is 0. The first-order chi connectivity index (χ1) is 45.1. The van der Waals surface area contributed by atoms with E-state index in [0.29, 0.717) is 64.1 Å². The highest BCUT2D eigenvalue weighted by Crippen LogP contribution is 2.77. The second kappa shape index (κ2) is 24.4. The molecule has 0 amide bonds. The predicted octanol–water partition coefficient (Wildman–Crippen LogP) is 17.3. The normalized spacial score (nSPS) is 49.5. The highest BCUT2D eigenvalue weighted by molar-refractivity contribution is 5.89. The van der Waals surface area contributed by atoms with Gasteiger partial charge in [-0.3, -0.25) is 0 Å². The second-order valence-electron chi connectivity index (χ2n) is 36.1. The summed E-state index contributed by atoms with van der Waals surface area (Å²) < 4.78 is 34.8. The topological polar surface area (TPSA) is 141 Å². The van der Waals surface area contributed by atoms with Crippen LogP contribution >= 0.6 is 0 Å². The lowest BCUT2D eigenvalue weighted by molar-refractivity contribution is -0.171. The van der Waals surface area contributed by atoms with Gasteiger partial charge in [0.15, 0.2) is 0 Å². The molecule has 95 heavy (non-hydrogen) atoms. The molecule has 0 N–H and O–H groups in total. The molecule has 18 aliphatic rings. The van der Waals surface area contributed by atoms with Gasteiger partial charge in [-0.2, -0.15) is 0 Å². The maximum atomic E-state index is 12.2. The van der Waals surface area contributed by atoms with E-state index in [1.54, 1.807) is 41.7 Å². The fraction of sp³-hybridized carbons (Fsp3) is 0.774. The van der Waals surface area contributed by atoms with Crippen LogP contribution < -0.4 is 0 Å². The SMILES string of the molecule is C=C(C)C(=O)OC1(C)CC2C=CC1(COC)C2.C=C(C)C(=O)OC1(C)CC2CC1C1C3C=CC(C3)C21.C=C(C)C(=O)OC1(CC)CC2CC1C1C3CC(C4CCC43)C21.C=C(C)C(=O)OC1(CC)CC2CC1C1C3CCC(C3)C21.C=C(C)C(=O)OC1(CC)CC2CC1C1CCC21. The van der Waals surface area contributed by atoms with Crippen LogP contribution in [0.3, 0.4) is 0 Å². The summed E-state index contributed by atoms with van der Waals surface area (Å²) in [5, 5.41) is 0. The zero-order chi connectivity index (χ0) is 67.5. The van der Waals surface area contributed by atoms with Gasteiger partial charge in [0.25, 0.3) is 0 Å². The van der Waals surface area contributed by atoms with E-state index in [1.165, 1.54) is 83.5 Å². The van der Waals surface area contributed by atoms with Gasteiger partial charge in [-0.15, -0.1) is 0 Å². The minimum absolute atomic E-state index is 0.151. The van der Waals surface area contributed by atoms with Crippen molar-refractivity contribution >= 4 is 29.8 Å². The molecule has 31 unspecified atom stereocenters. The fourth-order valence-electron chi connectivity index (χ4n) is 27.9. The molecular weight excluding hydrogens is 1180 g/mol. The molecule has 0 aliphatic heterocycles. The van der Waals surface area contributed by atoms with Gasteiger partial charge in [-0.1, -0.05) is 78.0 Å². The Morgan fingerprint density at radius 3 is 1.36 bits per heavy atom. The van der Waals surface area contributed by atoms with Gasteiger partial charge < -0.3 is 28.4 Å². The van der Waals surface area contributed by atoms with Crippen molar-refractivity contribution in [3.63, 3.8) is 0 Å². The van der Waals surface area contributed by atoms with E-state index >= 15 is 0 Å². The first kappa shape index (κ1) is 67.7. The molecule has 16 bridgehead atoms. The van der Waals surface area contributed by atoms with Crippen molar-refractivity contribution in [2.75, 3.05) is 13.7 Å². The van der Waals surface area contributed by atoms with Crippen LogP contribution in [0.15, 0.2) is 85.1 Å².